The van der Waals surface area contributed by atoms with E-state index in [0.29, 0.717) is 5.92 Å². The summed E-state index contributed by atoms with van der Waals surface area (Å²) in [5.74, 6) is 1.67. The van der Waals surface area contributed by atoms with Crippen LogP contribution >= 0.6 is 0 Å². The molecule has 1 heterocycles. The largest absolute Gasteiger partial charge is 0.491 e. The van der Waals surface area contributed by atoms with Crippen LogP contribution in [0.4, 0.5) is 0 Å². The molecule has 0 unspecified atom stereocenters. The lowest BCUT2D eigenvalue weighted by Crippen LogP contribution is -2.45. The molecule has 106 valence electrons. The van der Waals surface area contributed by atoms with Crippen molar-refractivity contribution in [3.05, 3.63) is 29.8 Å². The summed E-state index contributed by atoms with van der Waals surface area (Å²) in [6.07, 6.45) is 1.45. The number of benzene rings is 1. The molecule has 0 radical (unpaired) electrons. The first kappa shape index (κ1) is 14.4. The molecule has 0 spiro atoms. The Morgan fingerprint density at radius 2 is 2.11 bits per heavy atom. The summed E-state index contributed by atoms with van der Waals surface area (Å²) < 4.78 is 5.84. The van der Waals surface area contributed by atoms with Crippen LogP contribution in [0.25, 0.3) is 0 Å². The average molecular weight is 261 g/mol. The van der Waals surface area contributed by atoms with Gasteiger partial charge < -0.3 is 9.64 Å². The quantitative estimate of drug-likeness (QED) is 0.822. The third-order valence-electron chi connectivity index (χ3n) is 4.55. The summed E-state index contributed by atoms with van der Waals surface area (Å²) in [6, 6.07) is 8.69. The van der Waals surface area contributed by atoms with Crippen LogP contribution in [0.15, 0.2) is 24.3 Å². The molecule has 1 fully saturated rings. The summed E-state index contributed by atoms with van der Waals surface area (Å²) >= 11 is 0. The number of rotatable bonds is 3. The van der Waals surface area contributed by atoms with E-state index in [1.165, 1.54) is 25.1 Å². The van der Waals surface area contributed by atoms with Gasteiger partial charge in [-0.3, -0.25) is 0 Å². The molecular formula is C17H27NO. The Labute approximate surface area is 117 Å². The standard InChI is InChI=1S/C17H27NO/c1-13(2)19-16-8-6-7-15(11-16)17(4)9-10-18(5)12-14(17)3/h6-8,11,13-14H,9-10,12H2,1-5H3/t14-,17-/m0/s1. The van der Waals surface area contributed by atoms with Crippen molar-refractivity contribution in [3.8, 4) is 5.75 Å². The van der Waals surface area contributed by atoms with E-state index < -0.39 is 0 Å². The van der Waals surface area contributed by atoms with Crippen LogP contribution in [0, 0.1) is 5.92 Å². The molecule has 1 aliphatic rings. The Hall–Kier alpha value is -1.02. The van der Waals surface area contributed by atoms with E-state index in [-0.39, 0.29) is 11.5 Å². The lowest BCUT2D eigenvalue weighted by atomic mass is 9.68. The van der Waals surface area contributed by atoms with Crippen LogP contribution in [0.3, 0.4) is 0 Å². The highest BCUT2D eigenvalue weighted by atomic mass is 16.5. The topological polar surface area (TPSA) is 12.5 Å². The first-order chi connectivity index (χ1) is 8.91. The Morgan fingerprint density at radius 3 is 2.74 bits per heavy atom. The second-order valence-corrected chi connectivity index (χ2v) is 6.53. The maximum atomic E-state index is 5.84. The summed E-state index contributed by atoms with van der Waals surface area (Å²) in [5.41, 5.74) is 1.69. The fraction of sp³-hybridized carbons (Fsp3) is 0.647. The number of hydrogen-bond acceptors (Lipinski definition) is 2. The van der Waals surface area contributed by atoms with E-state index in [9.17, 15) is 0 Å². The van der Waals surface area contributed by atoms with Gasteiger partial charge in [0.2, 0.25) is 0 Å². The highest BCUT2D eigenvalue weighted by Crippen LogP contribution is 2.40. The first-order valence-electron chi connectivity index (χ1n) is 7.37. The van der Waals surface area contributed by atoms with Crippen molar-refractivity contribution in [1.82, 2.24) is 4.90 Å². The van der Waals surface area contributed by atoms with Crippen LogP contribution in [-0.2, 0) is 5.41 Å². The van der Waals surface area contributed by atoms with Crippen LogP contribution in [0.5, 0.6) is 5.75 Å². The Morgan fingerprint density at radius 1 is 1.37 bits per heavy atom. The molecule has 2 rings (SSSR count). The molecule has 1 aromatic carbocycles. The maximum absolute atomic E-state index is 5.84. The van der Waals surface area contributed by atoms with E-state index in [1.54, 1.807) is 0 Å². The third kappa shape index (κ3) is 3.11. The molecule has 1 aromatic rings. The monoisotopic (exact) mass is 261 g/mol. The van der Waals surface area contributed by atoms with Crippen LogP contribution in [-0.4, -0.2) is 31.1 Å². The van der Waals surface area contributed by atoms with Gasteiger partial charge in [0.1, 0.15) is 5.75 Å². The van der Waals surface area contributed by atoms with Crippen LogP contribution < -0.4 is 4.74 Å². The van der Waals surface area contributed by atoms with Gasteiger partial charge in [0.25, 0.3) is 0 Å². The lowest BCUT2D eigenvalue weighted by Gasteiger charge is -2.44. The molecule has 0 bridgehead atoms. The number of piperidine rings is 1. The van der Waals surface area contributed by atoms with Gasteiger partial charge in [-0.05, 0) is 62.9 Å². The number of likely N-dealkylation sites (tertiary alicyclic amines) is 1. The fourth-order valence-corrected chi connectivity index (χ4v) is 3.06. The highest BCUT2D eigenvalue weighted by Gasteiger charge is 2.37. The van der Waals surface area contributed by atoms with Gasteiger partial charge in [-0.25, -0.2) is 0 Å². The molecule has 1 saturated heterocycles. The molecule has 2 heteroatoms. The van der Waals surface area contributed by atoms with Gasteiger partial charge in [0, 0.05) is 6.54 Å². The fourth-order valence-electron chi connectivity index (χ4n) is 3.06. The van der Waals surface area contributed by atoms with E-state index >= 15 is 0 Å². The lowest BCUT2D eigenvalue weighted by molar-refractivity contribution is 0.133. The normalized spacial score (nSPS) is 28.6. The second-order valence-electron chi connectivity index (χ2n) is 6.53. The minimum absolute atomic E-state index is 0.234. The molecule has 0 saturated carbocycles. The van der Waals surface area contributed by atoms with Gasteiger partial charge in [0.05, 0.1) is 6.10 Å². The Kier molecular flexibility index (Phi) is 4.19. The van der Waals surface area contributed by atoms with E-state index in [2.05, 4.69) is 63.9 Å². The van der Waals surface area contributed by atoms with Crippen molar-refractivity contribution in [3.63, 3.8) is 0 Å². The van der Waals surface area contributed by atoms with Gasteiger partial charge >= 0.3 is 0 Å². The smallest absolute Gasteiger partial charge is 0.119 e. The van der Waals surface area contributed by atoms with E-state index in [4.69, 9.17) is 4.74 Å². The molecule has 1 aliphatic heterocycles. The van der Waals surface area contributed by atoms with Crippen molar-refractivity contribution in [2.75, 3.05) is 20.1 Å². The summed E-state index contributed by atoms with van der Waals surface area (Å²) in [7, 11) is 2.22. The average Bonchev–Trinajstić information content (AvgIpc) is 2.34. The second kappa shape index (κ2) is 5.54. The Balaban J connectivity index is 2.25. The van der Waals surface area contributed by atoms with Gasteiger partial charge in [-0.2, -0.15) is 0 Å². The molecule has 2 atom stereocenters. The van der Waals surface area contributed by atoms with E-state index in [1.807, 2.05) is 0 Å². The van der Waals surface area contributed by atoms with Crippen LogP contribution in [0.1, 0.15) is 39.7 Å². The summed E-state index contributed by atoms with van der Waals surface area (Å²) in [5, 5.41) is 0. The predicted octanol–water partition coefficient (Wildman–Crippen LogP) is 3.70. The van der Waals surface area contributed by atoms with E-state index in [0.717, 1.165) is 5.75 Å². The van der Waals surface area contributed by atoms with Gasteiger partial charge in [0.15, 0.2) is 0 Å². The number of nitrogens with zero attached hydrogens (tertiary/aromatic N) is 1. The molecule has 0 aliphatic carbocycles. The zero-order chi connectivity index (χ0) is 14.0. The van der Waals surface area contributed by atoms with Crippen molar-refractivity contribution in [2.24, 2.45) is 5.92 Å². The molecule has 0 aromatic heterocycles. The molecule has 0 N–H and O–H groups in total. The Bertz CT molecular complexity index is 429. The minimum atomic E-state index is 0.234. The first-order valence-corrected chi connectivity index (χ1v) is 7.37. The van der Waals surface area contributed by atoms with Gasteiger partial charge in [-0.15, -0.1) is 0 Å². The summed E-state index contributed by atoms with van der Waals surface area (Å²) in [6.45, 7) is 11.3. The van der Waals surface area contributed by atoms with Crippen molar-refractivity contribution < 1.29 is 4.74 Å². The third-order valence-corrected chi connectivity index (χ3v) is 4.55. The molecule has 0 amide bonds. The summed E-state index contributed by atoms with van der Waals surface area (Å²) in [4.78, 5) is 2.43. The highest BCUT2D eigenvalue weighted by molar-refractivity contribution is 5.34. The molecule has 19 heavy (non-hydrogen) atoms. The maximum Gasteiger partial charge on any atom is 0.119 e. The predicted molar refractivity (Wildman–Crippen MR) is 80.8 cm³/mol. The van der Waals surface area contributed by atoms with Gasteiger partial charge in [-0.1, -0.05) is 26.0 Å². The van der Waals surface area contributed by atoms with Crippen molar-refractivity contribution in [1.29, 1.82) is 0 Å². The zero-order valence-corrected chi connectivity index (χ0v) is 12.9. The SMILES string of the molecule is CC(C)Oc1cccc([C@@]2(C)CCN(C)C[C@@H]2C)c1. The molecular weight excluding hydrogens is 234 g/mol. The molecule has 2 nitrogen and oxygen atoms in total. The van der Waals surface area contributed by atoms with Crippen molar-refractivity contribution in [2.45, 2.75) is 45.6 Å². The minimum Gasteiger partial charge on any atom is -0.491 e. The number of ether oxygens (including phenoxy) is 1. The van der Waals surface area contributed by atoms with Crippen molar-refractivity contribution >= 4 is 0 Å². The van der Waals surface area contributed by atoms with Crippen LogP contribution in [0.2, 0.25) is 0 Å². The zero-order valence-electron chi connectivity index (χ0n) is 12.9. The number of hydrogen-bond donors (Lipinski definition) is 0.